The van der Waals surface area contributed by atoms with Crippen LogP contribution in [-0.4, -0.2) is 11.1 Å². The molecule has 1 aromatic rings. The van der Waals surface area contributed by atoms with E-state index < -0.39 is 12.0 Å². The second kappa shape index (κ2) is 10.7. The molecule has 3 nitrogen and oxygen atoms in total. The first kappa shape index (κ1) is 16.1. The number of rotatable bonds is 2. The summed E-state index contributed by atoms with van der Waals surface area (Å²) in [6.07, 6.45) is 0. The van der Waals surface area contributed by atoms with Crippen molar-refractivity contribution in [2.45, 2.75) is 33.7 Å². The van der Waals surface area contributed by atoms with E-state index in [9.17, 15) is 4.79 Å². The summed E-state index contributed by atoms with van der Waals surface area (Å²) in [5.74, 6) is -1.00. The Kier molecular flexibility index (Phi) is 11.5. The summed E-state index contributed by atoms with van der Waals surface area (Å²) < 4.78 is 0. The fraction of sp³-hybridized carbons (Fsp3) is 0.417. The van der Waals surface area contributed by atoms with Crippen molar-refractivity contribution in [2.24, 2.45) is 5.73 Å². The maximum absolute atomic E-state index is 10.4. The summed E-state index contributed by atoms with van der Waals surface area (Å²) in [5, 5.41) is 8.51. The van der Waals surface area contributed by atoms with E-state index in [1.165, 1.54) is 0 Å². The van der Waals surface area contributed by atoms with Gasteiger partial charge in [0.05, 0.1) is 0 Å². The second-order valence-corrected chi connectivity index (χ2v) is 2.23. The van der Waals surface area contributed by atoms with Crippen LogP contribution in [0.1, 0.15) is 39.3 Å². The Bertz CT molecular complexity index is 247. The van der Waals surface area contributed by atoms with Gasteiger partial charge >= 0.3 is 5.97 Å². The van der Waals surface area contributed by atoms with E-state index in [1.807, 2.05) is 33.8 Å². The summed E-state index contributed by atoms with van der Waals surface area (Å²) in [6, 6.07) is 7.82. The van der Waals surface area contributed by atoms with Crippen LogP contribution in [0.5, 0.6) is 0 Å². The van der Waals surface area contributed by atoms with Crippen molar-refractivity contribution in [3.63, 3.8) is 0 Å². The maximum atomic E-state index is 10.4. The molecule has 0 saturated heterocycles. The lowest BCUT2D eigenvalue weighted by atomic mass is 10.1. The molecule has 0 radical (unpaired) electrons. The van der Waals surface area contributed by atoms with E-state index in [2.05, 4.69) is 0 Å². The number of carbonyl (C=O) groups is 1. The van der Waals surface area contributed by atoms with Gasteiger partial charge in [-0.05, 0) is 5.56 Å². The fourth-order valence-corrected chi connectivity index (χ4v) is 0.803. The Morgan fingerprint density at radius 1 is 1.13 bits per heavy atom. The standard InChI is InChI=1S/C8H9NO2.2C2H6/c9-7(8(10)11)6-4-2-1-3-5-6;2*1-2/h1-5,7H,9H2,(H,10,11);2*1-2H3. The van der Waals surface area contributed by atoms with Gasteiger partial charge in [-0.3, -0.25) is 4.79 Å². The molecule has 1 atom stereocenters. The molecule has 0 aliphatic heterocycles. The van der Waals surface area contributed by atoms with Crippen molar-refractivity contribution in [1.29, 1.82) is 0 Å². The number of aliphatic carboxylic acids is 1. The van der Waals surface area contributed by atoms with E-state index in [1.54, 1.807) is 24.3 Å². The van der Waals surface area contributed by atoms with Gasteiger partial charge in [0.25, 0.3) is 0 Å². The van der Waals surface area contributed by atoms with Gasteiger partial charge in [0.2, 0.25) is 0 Å². The van der Waals surface area contributed by atoms with Crippen molar-refractivity contribution >= 4 is 5.97 Å². The molecule has 0 aromatic heterocycles. The van der Waals surface area contributed by atoms with Crippen LogP contribution in [0.15, 0.2) is 30.3 Å². The number of nitrogens with two attached hydrogens (primary N) is 1. The van der Waals surface area contributed by atoms with Crippen LogP contribution in [0.4, 0.5) is 0 Å². The van der Waals surface area contributed by atoms with Crippen LogP contribution in [-0.2, 0) is 4.79 Å². The van der Waals surface area contributed by atoms with Crippen molar-refractivity contribution in [2.75, 3.05) is 0 Å². The Labute approximate surface area is 91.9 Å². The van der Waals surface area contributed by atoms with Gasteiger partial charge in [0.1, 0.15) is 6.04 Å². The minimum Gasteiger partial charge on any atom is -0.480 e. The Morgan fingerprint density at radius 3 is 1.87 bits per heavy atom. The van der Waals surface area contributed by atoms with Crippen molar-refractivity contribution in [3.8, 4) is 0 Å². The lowest BCUT2D eigenvalue weighted by Crippen LogP contribution is -2.20. The topological polar surface area (TPSA) is 63.3 Å². The molecular weight excluding hydrogens is 190 g/mol. The third-order valence-electron chi connectivity index (χ3n) is 1.42. The van der Waals surface area contributed by atoms with Gasteiger partial charge in [0, 0.05) is 0 Å². The molecule has 0 spiro atoms. The summed E-state index contributed by atoms with van der Waals surface area (Å²) >= 11 is 0. The average Bonchev–Trinajstić information content (AvgIpc) is 2.34. The molecule has 0 bridgehead atoms. The van der Waals surface area contributed by atoms with Crippen LogP contribution >= 0.6 is 0 Å². The first-order valence-corrected chi connectivity index (χ1v) is 5.25. The maximum Gasteiger partial charge on any atom is 0.325 e. The predicted octanol–water partition coefficient (Wildman–Crippen LogP) is 2.82. The molecule has 0 amide bonds. The monoisotopic (exact) mass is 211 g/mol. The SMILES string of the molecule is CC.CC.NC(C(=O)O)c1ccccc1. The third kappa shape index (κ3) is 6.69. The minimum atomic E-state index is -1.00. The van der Waals surface area contributed by atoms with E-state index in [4.69, 9.17) is 10.8 Å². The summed E-state index contributed by atoms with van der Waals surface area (Å²) in [7, 11) is 0. The highest BCUT2D eigenvalue weighted by Gasteiger charge is 2.12. The van der Waals surface area contributed by atoms with Crippen molar-refractivity contribution in [1.82, 2.24) is 0 Å². The number of carboxylic acid groups (broad SMARTS) is 1. The summed E-state index contributed by atoms with van der Waals surface area (Å²) in [6.45, 7) is 8.00. The highest BCUT2D eigenvalue weighted by molar-refractivity contribution is 5.75. The van der Waals surface area contributed by atoms with E-state index in [-0.39, 0.29) is 0 Å². The Hall–Kier alpha value is -1.35. The van der Waals surface area contributed by atoms with Crippen LogP contribution in [0.2, 0.25) is 0 Å². The van der Waals surface area contributed by atoms with Gasteiger partial charge in [-0.1, -0.05) is 58.0 Å². The van der Waals surface area contributed by atoms with E-state index in [0.29, 0.717) is 5.56 Å². The van der Waals surface area contributed by atoms with E-state index >= 15 is 0 Å². The number of hydrogen-bond donors (Lipinski definition) is 2. The highest BCUT2D eigenvalue weighted by atomic mass is 16.4. The predicted molar refractivity (Wildman–Crippen MR) is 63.7 cm³/mol. The van der Waals surface area contributed by atoms with Gasteiger partial charge < -0.3 is 10.8 Å². The molecular formula is C12H21NO2. The smallest absolute Gasteiger partial charge is 0.325 e. The molecule has 15 heavy (non-hydrogen) atoms. The zero-order chi connectivity index (χ0) is 12.3. The second-order valence-electron chi connectivity index (χ2n) is 2.23. The highest BCUT2D eigenvalue weighted by Crippen LogP contribution is 2.08. The first-order valence-electron chi connectivity index (χ1n) is 5.25. The van der Waals surface area contributed by atoms with Crippen molar-refractivity contribution < 1.29 is 9.90 Å². The van der Waals surface area contributed by atoms with Crippen molar-refractivity contribution in [3.05, 3.63) is 35.9 Å². The molecule has 1 rings (SSSR count). The Balaban J connectivity index is 0. The number of benzene rings is 1. The molecule has 3 heteroatoms. The molecule has 0 fully saturated rings. The minimum absolute atomic E-state index is 0.625. The largest absolute Gasteiger partial charge is 0.480 e. The molecule has 3 N–H and O–H groups in total. The zero-order valence-corrected chi connectivity index (χ0v) is 9.90. The Morgan fingerprint density at radius 2 is 1.53 bits per heavy atom. The quantitative estimate of drug-likeness (QED) is 0.790. The van der Waals surface area contributed by atoms with Crippen LogP contribution < -0.4 is 5.73 Å². The summed E-state index contributed by atoms with van der Waals surface area (Å²) in [4.78, 5) is 10.4. The average molecular weight is 211 g/mol. The fourth-order valence-electron chi connectivity index (χ4n) is 0.803. The number of carboxylic acids is 1. The zero-order valence-electron chi connectivity index (χ0n) is 9.90. The third-order valence-corrected chi connectivity index (χ3v) is 1.42. The normalized spacial score (nSPS) is 9.93. The lowest BCUT2D eigenvalue weighted by molar-refractivity contribution is -0.138. The molecule has 0 heterocycles. The van der Waals surface area contributed by atoms with E-state index in [0.717, 1.165) is 0 Å². The van der Waals surface area contributed by atoms with Gasteiger partial charge in [-0.25, -0.2) is 0 Å². The molecule has 86 valence electrons. The summed E-state index contributed by atoms with van der Waals surface area (Å²) in [5.41, 5.74) is 5.96. The molecule has 0 saturated carbocycles. The van der Waals surface area contributed by atoms with Gasteiger partial charge in [0.15, 0.2) is 0 Å². The van der Waals surface area contributed by atoms with Gasteiger partial charge in [-0.15, -0.1) is 0 Å². The van der Waals surface area contributed by atoms with Crippen LogP contribution in [0, 0.1) is 0 Å². The van der Waals surface area contributed by atoms with Crippen LogP contribution in [0.3, 0.4) is 0 Å². The number of hydrogen-bond acceptors (Lipinski definition) is 2. The molecule has 1 unspecified atom stereocenters. The molecule has 0 aliphatic rings. The molecule has 1 aromatic carbocycles. The molecule has 0 aliphatic carbocycles. The lowest BCUT2D eigenvalue weighted by Gasteiger charge is -2.04. The first-order chi connectivity index (χ1) is 7.22. The van der Waals surface area contributed by atoms with Crippen LogP contribution in [0.25, 0.3) is 0 Å². The van der Waals surface area contributed by atoms with Gasteiger partial charge in [-0.2, -0.15) is 0 Å².